The van der Waals surface area contributed by atoms with Crippen molar-refractivity contribution in [2.45, 2.75) is 52.4 Å². The monoisotopic (exact) mass is 236 g/mol. The molecule has 1 N–H and O–H groups in total. The lowest BCUT2D eigenvalue weighted by Gasteiger charge is -2.18. The normalized spacial score (nSPS) is 14.9. The van der Waals surface area contributed by atoms with Crippen LogP contribution in [0.4, 0.5) is 0 Å². The molecule has 0 saturated heterocycles. The molecule has 0 fully saturated rings. The number of rotatable bonds is 7. The predicted molar refractivity (Wildman–Crippen MR) is 70.8 cm³/mol. The Hall–Kier alpha value is -0.860. The Morgan fingerprint density at radius 2 is 1.71 bits per heavy atom. The van der Waals surface area contributed by atoms with Gasteiger partial charge in [-0.05, 0) is 31.2 Å². The van der Waals surface area contributed by atoms with Crippen LogP contribution in [0.1, 0.15) is 39.2 Å². The summed E-state index contributed by atoms with van der Waals surface area (Å²) in [6, 6.07) is 10.2. The summed E-state index contributed by atoms with van der Waals surface area (Å²) in [5.41, 5.74) is 1.20. The number of aliphatic hydroxyl groups excluding tert-OH is 1. The van der Waals surface area contributed by atoms with Gasteiger partial charge in [-0.25, -0.2) is 0 Å². The van der Waals surface area contributed by atoms with E-state index in [1.165, 1.54) is 5.56 Å². The molecule has 1 rings (SSSR count). The Morgan fingerprint density at radius 1 is 1.06 bits per heavy atom. The standard InChI is InChI=1S/C15H24O2/c1-12(2)15(16)10-9-13(3)17-11-14-7-5-4-6-8-14/h4-8,12-13,15-16H,9-11H2,1-3H3. The van der Waals surface area contributed by atoms with Crippen molar-refractivity contribution in [2.24, 2.45) is 5.92 Å². The van der Waals surface area contributed by atoms with Gasteiger partial charge in [-0.2, -0.15) is 0 Å². The highest BCUT2D eigenvalue weighted by molar-refractivity contribution is 5.13. The first kappa shape index (κ1) is 14.2. The van der Waals surface area contributed by atoms with Gasteiger partial charge in [0, 0.05) is 0 Å². The van der Waals surface area contributed by atoms with E-state index in [1.807, 2.05) is 32.0 Å². The second-order valence-electron chi connectivity index (χ2n) is 5.00. The maximum Gasteiger partial charge on any atom is 0.0720 e. The molecule has 0 radical (unpaired) electrons. The highest BCUT2D eigenvalue weighted by atomic mass is 16.5. The smallest absolute Gasteiger partial charge is 0.0720 e. The Bertz CT molecular complexity index is 295. The number of aliphatic hydroxyl groups is 1. The molecule has 0 saturated carbocycles. The molecule has 2 unspecified atom stereocenters. The van der Waals surface area contributed by atoms with Gasteiger partial charge >= 0.3 is 0 Å². The van der Waals surface area contributed by atoms with E-state index in [-0.39, 0.29) is 12.2 Å². The van der Waals surface area contributed by atoms with Crippen molar-refractivity contribution in [1.82, 2.24) is 0 Å². The van der Waals surface area contributed by atoms with Crippen molar-refractivity contribution in [3.05, 3.63) is 35.9 Å². The van der Waals surface area contributed by atoms with Crippen molar-refractivity contribution in [3.63, 3.8) is 0 Å². The maximum absolute atomic E-state index is 9.71. The summed E-state index contributed by atoms with van der Waals surface area (Å²) in [5.74, 6) is 0.330. The molecule has 0 aliphatic heterocycles. The number of benzene rings is 1. The molecule has 0 aliphatic carbocycles. The van der Waals surface area contributed by atoms with E-state index in [1.54, 1.807) is 0 Å². The molecule has 17 heavy (non-hydrogen) atoms. The topological polar surface area (TPSA) is 29.5 Å². The molecular weight excluding hydrogens is 212 g/mol. The first-order valence-corrected chi connectivity index (χ1v) is 6.43. The number of hydrogen-bond acceptors (Lipinski definition) is 2. The van der Waals surface area contributed by atoms with E-state index in [0.717, 1.165) is 12.8 Å². The van der Waals surface area contributed by atoms with E-state index >= 15 is 0 Å². The van der Waals surface area contributed by atoms with E-state index in [0.29, 0.717) is 12.5 Å². The molecular formula is C15H24O2. The minimum Gasteiger partial charge on any atom is -0.393 e. The third-order valence-electron chi connectivity index (χ3n) is 3.02. The minimum absolute atomic E-state index is 0.198. The van der Waals surface area contributed by atoms with Crippen LogP contribution in [-0.2, 0) is 11.3 Å². The molecule has 0 spiro atoms. The highest BCUT2D eigenvalue weighted by Gasteiger charge is 2.11. The molecule has 2 heteroatoms. The van der Waals surface area contributed by atoms with Crippen LogP contribution in [0.3, 0.4) is 0 Å². The van der Waals surface area contributed by atoms with E-state index in [4.69, 9.17) is 4.74 Å². The highest BCUT2D eigenvalue weighted by Crippen LogP contribution is 2.12. The molecule has 96 valence electrons. The Labute approximate surface area is 105 Å². The van der Waals surface area contributed by atoms with Crippen molar-refractivity contribution in [3.8, 4) is 0 Å². The zero-order chi connectivity index (χ0) is 12.7. The SMILES string of the molecule is CC(CCC(O)C(C)C)OCc1ccccc1. The van der Waals surface area contributed by atoms with E-state index < -0.39 is 0 Å². The lowest BCUT2D eigenvalue weighted by atomic mass is 10.0. The summed E-state index contributed by atoms with van der Waals surface area (Å²) < 4.78 is 5.75. The summed E-state index contributed by atoms with van der Waals surface area (Å²) in [6.07, 6.45) is 1.71. The average molecular weight is 236 g/mol. The lowest BCUT2D eigenvalue weighted by molar-refractivity contribution is 0.0292. The van der Waals surface area contributed by atoms with Crippen LogP contribution < -0.4 is 0 Å². The van der Waals surface area contributed by atoms with Crippen molar-refractivity contribution >= 4 is 0 Å². The first-order valence-electron chi connectivity index (χ1n) is 6.43. The largest absolute Gasteiger partial charge is 0.393 e. The van der Waals surface area contributed by atoms with Gasteiger partial charge in [0.1, 0.15) is 0 Å². The predicted octanol–water partition coefficient (Wildman–Crippen LogP) is 3.39. The fourth-order valence-corrected chi connectivity index (χ4v) is 1.63. The minimum atomic E-state index is -0.210. The molecule has 2 atom stereocenters. The van der Waals surface area contributed by atoms with Gasteiger partial charge in [0.2, 0.25) is 0 Å². The second-order valence-corrected chi connectivity index (χ2v) is 5.00. The average Bonchev–Trinajstić information content (AvgIpc) is 2.34. The number of ether oxygens (including phenoxy) is 1. The van der Waals surface area contributed by atoms with Crippen LogP contribution in [0, 0.1) is 5.92 Å². The molecule has 0 bridgehead atoms. The molecule has 0 aromatic heterocycles. The van der Waals surface area contributed by atoms with Gasteiger partial charge in [0.25, 0.3) is 0 Å². The van der Waals surface area contributed by atoms with Crippen LogP contribution in [-0.4, -0.2) is 17.3 Å². The quantitative estimate of drug-likeness (QED) is 0.786. The molecule has 2 nitrogen and oxygen atoms in total. The molecule has 0 aliphatic rings. The fraction of sp³-hybridized carbons (Fsp3) is 0.600. The Balaban J connectivity index is 2.19. The third kappa shape index (κ3) is 5.85. The fourth-order valence-electron chi connectivity index (χ4n) is 1.63. The summed E-state index contributed by atoms with van der Waals surface area (Å²) in [5, 5.41) is 9.71. The molecule has 1 aromatic carbocycles. The maximum atomic E-state index is 9.71. The van der Waals surface area contributed by atoms with Crippen LogP contribution in [0.2, 0.25) is 0 Å². The van der Waals surface area contributed by atoms with Crippen molar-refractivity contribution < 1.29 is 9.84 Å². The van der Waals surface area contributed by atoms with Crippen LogP contribution >= 0.6 is 0 Å². The van der Waals surface area contributed by atoms with Gasteiger partial charge in [-0.3, -0.25) is 0 Å². The van der Waals surface area contributed by atoms with Crippen LogP contribution in [0.25, 0.3) is 0 Å². The van der Waals surface area contributed by atoms with Gasteiger partial charge in [0.05, 0.1) is 18.8 Å². The molecule has 1 aromatic rings. The van der Waals surface area contributed by atoms with Gasteiger partial charge < -0.3 is 9.84 Å². The zero-order valence-corrected chi connectivity index (χ0v) is 11.1. The Morgan fingerprint density at radius 3 is 2.29 bits per heavy atom. The number of hydrogen-bond donors (Lipinski definition) is 1. The van der Waals surface area contributed by atoms with Crippen molar-refractivity contribution in [2.75, 3.05) is 0 Å². The van der Waals surface area contributed by atoms with E-state index in [2.05, 4.69) is 19.1 Å². The van der Waals surface area contributed by atoms with E-state index in [9.17, 15) is 5.11 Å². The zero-order valence-electron chi connectivity index (χ0n) is 11.1. The summed E-state index contributed by atoms with van der Waals surface area (Å²) in [4.78, 5) is 0. The van der Waals surface area contributed by atoms with Gasteiger partial charge in [-0.1, -0.05) is 44.2 Å². The Kier molecular flexibility index (Phi) is 6.23. The van der Waals surface area contributed by atoms with Crippen LogP contribution in [0.5, 0.6) is 0 Å². The molecule has 0 heterocycles. The van der Waals surface area contributed by atoms with Crippen LogP contribution in [0.15, 0.2) is 30.3 Å². The second kappa shape index (κ2) is 7.46. The third-order valence-corrected chi connectivity index (χ3v) is 3.02. The van der Waals surface area contributed by atoms with Gasteiger partial charge in [0.15, 0.2) is 0 Å². The summed E-state index contributed by atoms with van der Waals surface area (Å²) in [6.45, 7) is 6.80. The summed E-state index contributed by atoms with van der Waals surface area (Å²) in [7, 11) is 0. The summed E-state index contributed by atoms with van der Waals surface area (Å²) >= 11 is 0. The molecule has 0 amide bonds. The lowest BCUT2D eigenvalue weighted by Crippen LogP contribution is -2.18. The first-order chi connectivity index (χ1) is 8.09. The van der Waals surface area contributed by atoms with Gasteiger partial charge in [-0.15, -0.1) is 0 Å². The van der Waals surface area contributed by atoms with Crippen molar-refractivity contribution in [1.29, 1.82) is 0 Å².